The number of benzene rings is 1. The maximum Gasteiger partial charge on any atom is 0.416 e. The van der Waals surface area contributed by atoms with E-state index in [0.717, 1.165) is 18.6 Å². The SMILES string of the molecule is CCC(C)Cn1cnc2nc(-c3cnn(Cc4cccc(C(F)(F)F)c4)c3)[nH]c2c1=O. The number of nitrogens with one attached hydrogen (secondary N) is 1. The van der Waals surface area contributed by atoms with Crippen LogP contribution in [0.5, 0.6) is 0 Å². The van der Waals surface area contributed by atoms with Crippen LogP contribution >= 0.6 is 0 Å². The molecule has 1 atom stereocenters. The molecule has 0 amide bonds. The van der Waals surface area contributed by atoms with Crippen molar-refractivity contribution in [3.63, 3.8) is 0 Å². The van der Waals surface area contributed by atoms with Gasteiger partial charge in [0, 0.05) is 12.7 Å². The molecule has 0 bridgehead atoms. The molecule has 10 heteroatoms. The summed E-state index contributed by atoms with van der Waals surface area (Å²) in [4.78, 5) is 24.4. The van der Waals surface area contributed by atoms with Crippen LogP contribution in [0, 0.1) is 5.92 Å². The van der Waals surface area contributed by atoms with E-state index in [9.17, 15) is 18.0 Å². The molecule has 7 nitrogen and oxygen atoms in total. The van der Waals surface area contributed by atoms with Crippen LogP contribution in [0.1, 0.15) is 31.4 Å². The zero-order valence-corrected chi connectivity index (χ0v) is 17.0. The molecular weight excluding hydrogens is 409 g/mol. The monoisotopic (exact) mass is 430 g/mol. The summed E-state index contributed by atoms with van der Waals surface area (Å²) in [5.74, 6) is 0.768. The summed E-state index contributed by atoms with van der Waals surface area (Å²) < 4.78 is 41.8. The van der Waals surface area contributed by atoms with Crippen molar-refractivity contribution in [2.75, 3.05) is 0 Å². The summed E-state index contributed by atoms with van der Waals surface area (Å²) >= 11 is 0. The molecule has 3 heterocycles. The largest absolute Gasteiger partial charge is 0.416 e. The number of aromatic amines is 1. The third kappa shape index (κ3) is 4.37. The number of rotatable bonds is 6. The summed E-state index contributed by atoms with van der Waals surface area (Å²) in [5, 5.41) is 4.21. The van der Waals surface area contributed by atoms with Gasteiger partial charge in [-0.05, 0) is 23.6 Å². The molecule has 1 aromatic carbocycles. The van der Waals surface area contributed by atoms with Gasteiger partial charge in [0.1, 0.15) is 12.2 Å². The highest BCUT2D eigenvalue weighted by Crippen LogP contribution is 2.29. The van der Waals surface area contributed by atoms with Crippen LogP contribution in [0.15, 0.2) is 47.8 Å². The molecule has 0 fully saturated rings. The van der Waals surface area contributed by atoms with Gasteiger partial charge in [-0.15, -0.1) is 0 Å². The lowest BCUT2D eigenvalue weighted by atomic mass is 10.1. The number of alkyl halides is 3. The van der Waals surface area contributed by atoms with E-state index >= 15 is 0 Å². The van der Waals surface area contributed by atoms with Crippen molar-refractivity contribution in [3.05, 3.63) is 64.5 Å². The third-order valence-corrected chi connectivity index (χ3v) is 5.19. The van der Waals surface area contributed by atoms with Crippen LogP contribution < -0.4 is 5.56 Å². The van der Waals surface area contributed by atoms with E-state index in [2.05, 4.69) is 33.9 Å². The lowest BCUT2D eigenvalue weighted by Gasteiger charge is -2.09. The van der Waals surface area contributed by atoms with Gasteiger partial charge in [-0.2, -0.15) is 18.3 Å². The van der Waals surface area contributed by atoms with E-state index < -0.39 is 11.7 Å². The van der Waals surface area contributed by atoms with Crippen molar-refractivity contribution in [3.8, 4) is 11.4 Å². The van der Waals surface area contributed by atoms with E-state index in [-0.39, 0.29) is 12.1 Å². The van der Waals surface area contributed by atoms with E-state index in [4.69, 9.17) is 0 Å². The molecule has 0 spiro atoms. The predicted octanol–water partition coefficient (Wildman–Crippen LogP) is 4.10. The van der Waals surface area contributed by atoms with E-state index in [1.165, 1.54) is 17.1 Å². The van der Waals surface area contributed by atoms with E-state index in [1.54, 1.807) is 23.0 Å². The number of aromatic nitrogens is 6. The summed E-state index contributed by atoms with van der Waals surface area (Å²) in [6, 6.07) is 5.12. The van der Waals surface area contributed by atoms with Crippen molar-refractivity contribution in [2.45, 2.75) is 39.5 Å². The maximum atomic E-state index is 12.9. The van der Waals surface area contributed by atoms with Crippen LogP contribution in [0.2, 0.25) is 0 Å². The van der Waals surface area contributed by atoms with Crippen LogP contribution in [0.4, 0.5) is 13.2 Å². The number of halogens is 3. The Morgan fingerprint density at radius 2 is 2.06 bits per heavy atom. The summed E-state index contributed by atoms with van der Waals surface area (Å²) in [7, 11) is 0. The van der Waals surface area contributed by atoms with Gasteiger partial charge < -0.3 is 4.98 Å². The highest BCUT2D eigenvalue weighted by Gasteiger charge is 2.30. The van der Waals surface area contributed by atoms with Gasteiger partial charge in [0.25, 0.3) is 5.56 Å². The van der Waals surface area contributed by atoms with E-state index in [0.29, 0.717) is 40.6 Å². The molecule has 3 aromatic heterocycles. The van der Waals surface area contributed by atoms with Crippen molar-refractivity contribution in [1.82, 2.24) is 29.3 Å². The topological polar surface area (TPSA) is 81.4 Å². The van der Waals surface area contributed by atoms with Gasteiger partial charge in [-0.1, -0.05) is 32.4 Å². The Kier molecular flexibility index (Phi) is 5.38. The fourth-order valence-electron chi connectivity index (χ4n) is 3.26. The van der Waals surface area contributed by atoms with Crippen LogP contribution in [-0.2, 0) is 19.3 Å². The number of imidazole rings is 1. The zero-order chi connectivity index (χ0) is 22.2. The Hall–Kier alpha value is -3.43. The number of fused-ring (bicyclic) bond motifs is 1. The lowest BCUT2D eigenvalue weighted by Crippen LogP contribution is -2.23. The van der Waals surface area contributed by atoms with Gasteiger partial charge in [0.05, 0.1) is 23.9 Å². The maximum absolute atomic E-state index is 12.9. The van der Waals surface area contributed by atoms with E-state index in [1.807, 2.05) is 0 Å². The molecule has 0 aliphatic carbocycles. The first-order valence-corrected chi connectivity index (χ1v) is 9.88. The predicted molar refractivity (Wildman–Crippen MR) is 109 cm³/mol. The second kappa shape index (κ2) is 8.01. The highest BCUT2D eigenvalue weighted by atomic mass is 19.4. The second-order valence-electron chi connectivity index (χ2n) is 7.62. The van der Waals surface area contributed by atoms with Crippen molar-refractivity contribution in [2.24, 2.45) is 5.92 Å². The minimum absolute atomic E-state index is 0.171. The molecule has 162 valence electrons. The molecule has 0 aliphatic rings. The molecule has 31 heavy (non-hydrogen) atoms. The Labute approximate surface area is 175 Å². The first-order valence-electron chi connectivity index (χ1n) is 9.88. The molecule has 1 unspecified atom stereocenters. The van der Waals surface area contributed by atoms with Gasteiger partial charge in [-0.25, -0.2) is 9.97 Å². The van der Waals surface area contributed by atoms with Gasteiger partial charge in [0.2, 0.25) is 0 Å². The summed E-state index contributed by atoms with van der Waals surface area (Å²) in [5.41, 5.74) is 0.814. The van der Waals surface area contributed by atoms with Crippen molar-refractivity contribution >= 4 is 11.2 Å². The Morgan fingerprint density at radius 1 is 1.26 bits per heavy atom. The average Bonchev–Trinajstić information content (AvgIpc) is 3.37. The minimum atomic E-state index is -4.39. The zero-order valence-electron chi connectivity index (χ0n) is 17.0. The number of hydrogen-bond donors (Lipinski definition) is 1. The summed E-state index contributed by atoms with van der Waals surface area (Å²) in [6.45, 7) is 4.87. The number of H-pyrrole nitrogens is 1. The highest BCUT2D eigenvalue weighted by molar-refractivity contribution is 5.74. The Morgan fingerprint density at radius 3 is 2.81 bits per heavy atom. The third-order valence-electron chi connectivity index (χ3n) is 5.19. The molecule has 1 N–H and O–H groups in total. The molecule has 4 aromatic rings. The Balaban J connectivity index is 1.59. The summed E-state index contributed by atoms with van der Waals surface area (Å²) in [6.07, 6.45) is 1.26. The second-order valence-corrected chi connectivity index (χ2v) is 7.62. The van der Waals surface area contributed by atoms with Gasteiger partial charge in [0.15, 0.2) is 11.2 Å². The smallest absolute Gasteiger partial charge is 0.332 e. The number of nitrogens with zero attached hydrogens (tertiary/aromatic N) is 5. The normalized spacial score (nSPS) is 13.1. The Bertz CT molecular complexity index is 1270. The standard InChI is InChI=1S/C21H21F3N6O/c1-3-13(2)9-29-12-25-19-17(20(29)31)27-18(28-19)15-8-26-30(11-15)10-14-5-4-6-16(7-14)21(22,23)24/h4-8,11-13H,3,9-10H2,1-2H3,(H,27,28). The molecule has 0 saturated heterocycles. The first kappa shape index (κ1) is 20.8. The average molecular weight is 430 g/mol. The molecule has 4 rings (SSSR count). The molecular formula is C21H21F3N6O. The fraction of sp³-hybridized carbons (Fsp3) is 0.333. The molecule has 0 saturated carbocycles. The van der Waals surface area contributed by atoms with Crippen molar-refractivity contribution in [1.29, 1.82) is 0 Å². The quantitative estimate of drug-likeness (QED) is 0.500. The number of hydrogen-bond acceptors (Lipinski definition) is 4. The van der Waals surface area contributed by atoms with Gasteiger partial charge in [-0.3, -0.25) is 14.0 Å². The van der Waals surface area contributed by atoms with Crippen LogP contribution in [0.25, 0.3) is 22.6 Å². The first-order chi connectivity index (χ1) is 14.7. The fourth-order valence-corrected chi connectivity index (χ4v) is 3.26. The lowest BCUT2D eigenvalue weighted by molar-refractivity contribution is -0.137. The van der Waals surface area contributed by atoms with Crippen molar-refractivity contribution < 1.29 is 13.2 Å². The molecule has 0 aliphatic heterocycles. The van der Waals surface area contributed by atoms with Gasteiger partial charge >= 0.3 is 6.18 Å². The molecule has 0 radical (unpaired) electrons. The van der Waals surface area contributed by atoms with Crippen LogP contribution in [-0.4, -0.2) is 29.3 Å². The van der Waals surface area contributed by atoms with Crippen LogP contribution in [0.3, 0.4) is 0 Å². The minimum Gasteiger partial charge on any atom is -0.332 e.